The average molecular weight is 396 g/mol. The number of carbonyl (C=O) groups excluding carboxylic acids is 2. The summed E-state index contributed by atoms with van der Waals surface area (Å²) in [6.07, 6.45) is 2.22. The Labute approximate surface area is 171 Å². The zero-order chi connectivity index (χ0) is 21.0. The lowest BCUT2D eigenvalue weighted by molar-refractivity contribution is -0.115. The normalized spacial score (nSPS) is 13.3. The van der Waals surface area contributed by atoms with Crippen molar-refractivity contribution in [3.63, 3.8) is 0 Å². The Kier molecular flexibility index (Phi) is 6.42. The standard InChI is InChI=1S/C23H28N2O4/c1-15-7-8-16(2)17(11-15)12-22(26)24-19-14-21(29-4)20(28-3)13-18(19)23(27)25-9-5-6-10-25/h7-8,11,13-14H,5-6,9-10,12H2,1-4H3,(H,24,26). The molecular weight excluding hydrogens is 368 g/mol. The van der Waals surface area contributed by atoms with Crippen LogP contribution in [0.3, 0.4) is 0 Å². The molecule has 29 heavy (non-hydrogen) atoms. The SMILES string of the molecule is COc1cc(NC(=O)Cc2cc(C)ccc2C)c(C(=O)N2CCCC2)cc1OC. The molecule has 2 amide bonds. The van der Waals surface area contributed by atoms with Crippen LogP contribution in [0, 0.1) is 13.8 Å². The number of hydrogen-bond donors (Lipinski definition) is 1. The Bertz CT molecular complexity index is 917. The van der Waals surface area contributed by atoms with Gasteiger partial charge in [-0.3, -0.25) is 9.59 Å². The van der Waals surface area contributed by atoms with Gasteiger partial charge in [0.05, 0.1) is 31.9 Å². The molecule has 0 bridgehead atoms. The number of ether oxygens (including phenoxy) is 2. The maximum Gasteiger partial charge on any atom is 0.256 e. The van der Waals surface area contributed by atoms with E-state index in [1.54, 1.807) is 12.1 Å². The summed E-state index contributed by atoms with van der Waals surface area (Å²) >= 11 is 0. The summed E-state index contributed by atoms with van der Waals surface area (Å²) in [6.45, 7) is 5.44. The van der Waals surface area contributed by atoms with E-state index in [0.29, 0.717) is 22.7 Å². The number of nitrogens with zero attached hydrogens (tertiary/aromatic N) is 1. The van der Waals surface area contributed by atoms with Crippen LogP contribution in [0.2, 0.25) is 0 Å². The summed E-state index contributed by atoms with van der Waals surface area (Å²) < 4.78 is 10.7. The van der Waals surface area contributed by atoms with Crippen molar-refractivity contribution >= 4 is 17.5 Å². The van der Waals surface area contributed by atoms with Crippen LogP contribution < -0.4 is 14.8 Å². The first kappa shape index (κ1) is 20.7. The van der Waals surface area contributed by atoms with Gasteiger partial charge in [0.1, 0.15) is 0 Å². The molecule has 6 heteroatoms. The van der Waals surface area contributed by atoms with E-state index in [4.69, 9.17) is 9.47 Å². The highest BCUT2D eigenvalue weighted by molar-refractivity contribution is 6.05. The fourth-order valence-corrected chi connectivity index (χ4v) is 3.61. The third-order valence-electron chi connectivity index (χ3n) is 5.28. The van der Waals surface area contributed by atoms with Crippen molar-refractivity contribution in [2.24, 2.45) is 0 Å². The van der Waals surface area contributed by atoms with Gasteiger partial charge in [0.25, 0.3) is 5.91 Å². The van der Waals surface area contributed by atoms with Gasteiger partial charge in [-0.25, -0.2) is 0 Å². The summed E-state index contributed by atoms with van der Waals surface area (Å²) in [4.78, 5) is 27.6. The predicted molar refractivity (Wildman–Crippen MR) is 113 cm³/mol. The summed E-state index contributed by atoms with van der Waals surface area (Å²) in [6, 6.07) is 9.35. The predicted octanol–water partition coefficient (Wildman–Crippen LogP) is 3.74. The first-order valence-corrected chi connectivity index (χ1v) is 9.84. The van der Waals surface area contributed by atoms with Gasteiger partial charge in [-0.1, -0.05) is 23.8 Å². The third-order valence-corrected chi connectivity index (χ3v) is 5.28. The van der Waals surface area contributed by atoms with Gasteiger partial charge in [-0.05, 0) is 43.9 Å². The van der Waals surface area contributed by atoms with Crippen LogP contribution in [0.15, 0.2) is 30.3 Å². The van der Waals surface area contributed by atoms with Crippen molar-refractivity contribution in [2.45, 2.75) is 33.1 Å². The zero-order valence-electron chi connectivity index (χ0n) is 17.5. The average Bonchev–Trinajstić information content (AvgIpc) is 3.24. The maximum atomic E-state index is 13.1. The van der Waals surface area contributed by atoms with Crippen molar-refractivity contribution in [2.75, 3.05) is 32.6 Å². The van der Waals surface area contributed by atoms with Crippen molar-refractivity contribution in [3.8, 4) is 11.5 Å². The number of amides is 2. The van der Waals surface area contributed by atoms with E-state index in [1.165, 1.54) is 14.2 Å². The minimum Gasteiger partial charge on any atom is -0.493 e. The molecule has 0 radical (unpaired) electrons. The number of likely N-dealkylation sites (tertiary alicyclic amines) is 1. The second-order valence-corrected chi connectivity index (χ2v) is 7.41. The number of methoxy groups -OCH3 is 2. The molecule has 6 nitrogen and oxygen atoms in total. The number of benzene rings is 2. The largest absolute Gasteiger partial charge is 0.493 e. The second kappa shape index (κ2) is 8.99. The lowest BCUT2D eigenvalue weighted by Gasteiger charge is -2.20. The van der Waals surface area contributed by atoms with Gasteiger partial charge in [-0.15, -0.1) is 0 Å². The van der Waals surface area contributed by atoms with Crippen molar-refractivity contribution in [1.29, 1.82) is 0 Å². The van der Waals surface area contributed by atoms with Crippen LogP contribution in [-0.2, 0) is 11.2 Å². The van der Waals surface area contributed by atoms with E-state index in [2.05, 4.69) is 5.32 Å². The highest BCUT2D eigenvalue weighted by atomic mass is 16.5. The van der Waals surface area contributed by atoms with Crippen LogP contribution in [0.25, 0.3) is 0 Å². The van der Waals surface area contributed by atoms with Crippen LogP contribution in [0.1, 0.15) is 39.9 Å². The molecule has 0 atom stereocenters. The topological polar surface area (TPSA) is 67.9 Å². The quantitative estimate of drug-likeness (QED) is 0.808. The summed E-state index contributed by atoms with van der Waals surface area (Å²) in [5.74, 6) is 0.641. The van der Waals surface area contributed by atoms with Crippen molar-refractivity contribution < 1.29 is 19.1 Å². The fraction of sp³-hybridized carbons (Fsp3) is 0.391. The molecule has 154 valence electrons. The van der Waals surface area contributed by atoms with E-state index >= 15 is 0 Å². The smallest absolute Gasteiger partial charge is 0.256 e. The molecule has 1 fully saturated rings. The van der Waals surface area contributed by atoms with Gasteiger partial charge < -0.3 is 19.7 Å². The zero-order valence-corrected chi connectivity index (χ0v) is 17.5. The maximum absolute atomic E-state index is 13.1. The van der Waals surface area contributed by atoms with Crippen LogP contribution in [-0.4, -0.2) is 44.0 Å². The Morgan fingerprint density at radius 3 is 2.31 bits per heavy atom. The minimum absolute atomic E-state index is 0.106. The number of rotatable bonds is 6. The van der Waals surface area contributed by atoms with E-state index in [9.17, 15) is 9.59 Å². The fourth-order valence-electron chi connectivity index (χ4n) is 3.61. The lowest BCUT2D eigenvalue weighted by Crippen LogP contribution is -2.29. The number of hydrogen-bond acceptors (Lipinski definition) is 4. The minimum atomic E-state index is -0.179. The first-order valence-electron chi connectivity index (χ1n) is 9.84. The molecule has 0 saturated carbocycles. The lowest BCUT2D eigenvalue weighted by atomic mass is 10.0. The van der Waals surface area contributed by atoms with Gasteiger partial charge >= 0.3 is 0 Å². The molecule has 0 aromatic heterocycles. The molecule has 2 aromatic rings. The number of anilines is 1. The molecular formula is C23H28N2O4. The molecule has 1 heterocycles. The molecule has 2 aromatic carbocycles. The van der Waals surface area contributed by atoms with Crippen LogP contribution in [0.4, 0.5) is 5.69 Å². The molecule has 3 rings (SSSR count). The highest BCUT2D eigenvalue weighted by Crippen LogP contribution is 2.34. The second-order valence-electron chi connectivity index (χ2n) is 7.41. The monoisotopic (exact) mass is 396 g/mol. The Balaban J connectivity index is 1.90. The molecule has 1 aliphatic rings. The Morgan fingerprint density at radius 2 is 1.66 bits per heavy atom. The molecule has 1 aliphatic heterocycles. The van der Waals surface area contributed by atoms with Gasteiger partial charge in [0.2, 0.25) is 5.91 Å². The van der Waals surface area contributed by atoms with Gasteiger partial charge in [0.15, 0.2) is 11.5 Å². The number of carbonyl (C=O) groups is 2. The first-order chi connectivity index (χ1) is 13.9. The number of aryl methyl sites for hydroxylation is 2. The summed E-state index contributed by atoms with van der Waals surface area (Å²) in [5, 5.41) is 2.91. The summed E-state index contributed by atoms with van der Waals surface area (Å²) in [7, 11) is 3.06. The van der Waals surface area contributed by atoms with E-state index in [0.717, 1.165) is 42.6 Å². The number of nitrogens with one attached hydrogen (secondary N) is 1. The molecule has 0 spiro atoms. The highest BCUT2D eigenvalue weighted by Gasteiger charge is 2.25. The molecule has 0 aliphatic carbocycles. The van der Waals surface area contributed by atoms with E-state index in [-0.39, 0.29) is 18.2 Å². The van der Waals surface area contributed by atoms with Crippen molar-refractivity contribution in [1.82, 2.24) is 4.90 Å². The Hall–Kier alpha value is -3.02. The Morgan fingerprint density at radius 1 is 1.00 bits per heavy atom. The van der Waals surface area contributed by atoms with Crippen LogP contribution >= 0.6 is 0 Å². The van der Waals surface area contributed by atoms with Crippen LogP contribution in [0.5, 0.6) is 11.5 Å². The van der Waals surface area contributed by atoms with Crippen molar-refractivity contribution in [3.05, 3.63) is 52.6 Å². The molecule has 1 N–H and O–H groups in total. The summed E-state index contributed by atoms with van der Waals surface area (Å²) in [5.41, 5.74) is 3.99. The van der Waals surface area contributed by atoms with Gasteiger partial charge in [-0.2, -0.15) is 0 Å². The van der Waals surface area contributed by atoms with E-state index in [1.807, 2.05) is 36.9 Å². The van der Waals surface area contributed by atoms with E-state index < -0.39 is 0 Å². The molecule has 0 unspecified atom stereocenters. The molecule has 1 saturated heterocycles. The van der Waals surface area contributed by atoms with Gasteiger partial charge in [0, 0.05) is 19.2 Å². The third kappa shape index (κ3) is 4.70.